The van der Waals surface area contributed by atoms with E-state index in [1.807, 2.05) is 7.05 Å². The monoisotopic (exact) mass is 185 g/mol. The van der Waals surface area contributed by atoms with Crippen molar-refractivity contribution in [2.45, 2.75) is 32.2 Å². The summed E-state index contributed by atoms with van der Waals surface area (Å²) in [6, 6.07) is 0. The van der Waals surface area contributed by atoms with Crippen LogP contribution in [-0.2, 0) is 9.53 Å². The second-order valence-corrected chi connectivity index (χ2v) is 3.05. The predicted molar refractivity (Wildman–Crippen MR) is 53.5 cm³/mol. The van der Waals surface area contributed by atoms with Crippen LogP contribution >= 0.6 is 0 Å². The molecule has 0 aromatic heterocycles. The molecule has 0 aliphatic heterocycles. The van der Waals surface area contributed by atoms with Crippen LogP contribution in [0.15, 0.2) is 12.7 Å². The van der Waals surface area contributed by atoms with Crippen LogP contribution in [0.25, 0.3) is 0 Å². The van der Waals surface area contributed by atoms with Crippen molar-refractivity contribution in [3.05, 3.63) is 12.7 Å². The van der Waals surface area contributed by atoms with Crippen LogP contribution in [0.1, 0.15) is 26.7 Å². The molecule has 3 nitrogen and oxygen atoms in total. The van der Waals surface area contributed by atoms with Gasteiger partial charge in [-0.1, -0.05) is 20.4 Å². The molecule has 0 heterocycles. The first kappa shape index (κ1) is 12.2. The van der Waals surface area contributed by atoms with E-state index in [2.05, 4.69) is 25.7 Å². The first-order valence-corrected chi connectivity index (χ1v) is 4.62. The summed E-state index contributed by atoms with van der Waals surface area (Å²) in [5, 5.41) is 3.18. The van der Waals surface area contributed by atoms with Crippen LogP contribution in [0.3, 0.4) is 0 Å². The summed E-state index contributed by atoms with van der Waals surface area (Å²) in [6.07, 6.45) is 3.06. The smallest absolute Gasteiger partial charge is 0.330 e. The normalized spacial score (nSPS) is 11.0. The van der Waals surface area contributed by atoms with Crippen molar-refractivity contribution in [2.24, 2.45) is 0 Å². The number of rotatable bonds is 6. The Balaban J connectivity index is 4.09. The van der Waals surface area contributed by atoms with Crippen molar-refractivity contribution in [3.63, 3.8) is 0 Å². The fraction of sp³-hybridized carbons (Fsp3) is 0.700. The molecular weight excluding hydrogens is 166 g/mol. The minimum Gasteiger partial charge on any atom is -0.461 e. The number of likely N-dealkylation sites (N-methyl/N-ethyl adjacent to an activating group) is 1. The number of hydrogen-bond acceptors (Lipinski definition) is 3. The fourth-order valence-corrected chi connectivity index (χ4v) is 1.15. The lowest BCUT2D eigenvalue weighted by atomic mass is 9.94. The minimum atomic E-state index is -0.360. The molecule has 1 N–H and O–H groups in total. The molecule has 0 fully saturated rings. The highest BCUT2D eigenvalue weighted by molar-refractivity contribution is 5.81. The molecular formula is C10H19NO2. The molecule has 13 heavy (non-hydrogen) atoms. The Hall–Kier alpha value is -0.830. The third kappa shape index (κ3) is 3.59. The molecule has 0 amide bonds. The molecule has 0 rings (SSSR count). The lowest BCUT2D eigenvalue weighted by Crippen LogP contribution is -2.46. The number of ether oxygens (including phenoxy) is 1. The highest BCUT2D eigenvalue weighted by atomic mass is 16.5. The average molecular weight is 185 g/mol. The van der Waals surface area contributed by atoms with E-state index >= 15 is 0 Å². The molecule has 3 heteroatoms. The van der Waals surface area contributed by atoms with Gasteiger partial charge in [-0.05, 0) is 19.9 Å². The maximum absolute atomic E-state index is 10.8. The van der Waals surface area contributed by atoms with Gasteiger partial charge in [0, 0.05) is 6.08 Å². The minimum absolute atomic E-state index is 0.0847. The first-order valence-electron chi connectivity index (χ1n) is 4.62. The zero-order valence-corrected chi connectivity index (χ0v) is 8.72. The molecule has 0 saturated heterocycles. The molecule has 0 bridgehead atoms. The van der Waals surface area contributed by atoms with Gasteiger partial charge in [-0.3, -0.25) is 0 Å². The Kier molecular flexibility index (Phi) is 5.39. The molecule has 0 atom stereocenters. The quantitative estimate of drug-likeness (QED) is 0.503. The third-order valence-electron chi connectivity index (χ3n) is 2.54. The van der Waals surface area contributed by atoms with Crippen LogP contribution in [0.5, 0.6) is 0 Å². The van der Waals surface area contributed by atoms with Gasteiger partial charge in [0.05, 0.1) is 5.54 Å². The molecule has 0 radical (unpaired) electrons. The van der Waals surface area contributed by atoms with Crippen molar-refractivity contribution in [2.75, 3.05) is 13.7 Å². The maximum atomic E-state index is 10.8. The zero-order valence-electron chi connectivity index (χ0n) is 8.72. The third-order valence-corrected chi connectivity index (χ3v) is 2.54. The topological polar surface area (TPSA) is 38.3 Å². The van der Waals surface area contributed by atoms with Gasteiger partial charge < -0.3 is 10.1 Å². The van der Waals surface area contributed by atoms with Gasteiger partial charge in [-0.25, -0.2) is 4.79 Å². The van der Waals surface area contributed by atoms with Gasteiger partial charge in [-0.15, -0.1) is 0 Å². The van der Waals surface area contributed by atoms with Gasteiger partial charge in [0.25, 0.3) is 0 Å². The highest BCUT2D eigenvalue weighted by Gasteiger charge is 2.25. The van der Waals surface area contributed by atoms with Crippen LogP contribution in [-0.4, -0.2) is 25.2 Å². The summed E-state index contributed by atoms with van der Waals surface area (Å²) in [4.78, 5) is 10.8. The van der Waals surface area contributed by atoms with Gasteiger partial charge in [0.2, 0.25) is 0 Å². The lowest BCUT2D eigenvalue weighted by molar-refractivity contribution is -0.140. The predicted octanol–water partition coefficient (Wildman–Crippen LogP) is 1.49. The highest BCUT2D eigenvalue weighted by Crippen LogP contribution is 2.14. The van der Waals surface area contributed by atoms with Crippen LogP contribution in [0.2, 0.25) is 0 Å². The molecule has 0 unspecified atom stereocenters. The van der Waals surface area contributed by atoms with E-state index in [0.717, 1.165) is 12.8 Å². The molecule has 0 saturated carbocycles. The number of carbonyl (C=O) groups excluding carboxylic acids is 1. The maximum Gasteiger partial charge on any atom is 0.330 e. The molecule has 0 aromatic carbocycles. The van der Waals surface area contributed by atoms with Crippen LogP contribution in [0.4, 0.5) is 0 Å². The Morgan fingerprint density at radius 1 is 1.54 bits per heavy atom. The van der Waals surface area contributed by atoms with Crippen molar-refractivity contribution in [3.8, 4) is 0 Å². The summed E-state index contributed by atoms with van der Waals surface area (Å²) < 4.78 is 5.01. The number of nitrogens with one attached hydrogen (secondary N) is 1. The van der Waals surface area contributed by atoms with E-state index < -0.39 is 0 Å². The van der Waals surface area contributed by atoms with E-state index in [0.29, 0.717) is 6.61 Å². The van der Waals surface area contributed by atoms with E-state index in [1.165, 1.54) is 6.08 Å². The largest absolute Gasteiger partial charge is 0.461 e. The second-order valence-electron chi connectivity index (χ2n) is 3.05. The Labute approximate surface area is 80.2 Å². The average Bonchev–Trinajstić information content (AvgIpc) is 2.20. The fourth-order valence-electron chi connectivity index (χ4n) is 1.15. The second kappa shape index (κ2) is 5.75. The van der Waals surface area contributed by atoms with Crippen molar-refractivity contribution >= 4 is 5.97 Å². The van der Waals surface area contributed by atoms with Gasteiger partial charge >= 0.3 is 5.97 Å². The Morgan fingerprint density at radius 2 is 2.08 bits per heavy atom. The zero-order chi connectivity index (χ0) is 10.3. The number of hydrogen-bond donors (Lipinski definition) is 1. The van der Waals surface area contributed by atoms with E-state index in [1.54, 1.807) is 0 Å². The van der Waals surface area contributed by atoms with Crippen LogP contribution < -0.4 is 5.32 Å². The summed E-state index contributed by atoms with van der Waals surface area (Å²) in [5.41, 5.74) is -0.0847. The van der Waals surface area contributed by atoms with Gasteiger partial charge in [-0.2, -0.15) is 0 Å². The molecule has 0 spiro atoms. The standard InChI is InChI=1S/C10H19NO2/c1-5-9(12)13-8-10(6-2,7-3)11-4/h5,11H,1,6-8H2,2-4H3. The summed E-state index contributed by atoms with van der Waals surface area (Å²) in [7, 11) is 1.88. The molecule has 0 aliphatic carbocycles. The van der Waals surface area contributed by atoms with Crippen molar-refractivity contribution < 1.29 is 9.53 Å². The summed E-state index contributed by atoms with van der Waals surface area (Å²) in [5.74, 6) is -0.360. The number of esters is 1. The van der Waals surface area contributed by atoms with Crippen LogP contribution in [0, 0.1) is 0 Å². The van der Waals surface area contributed by atoms with Crippen molar-refractivity contribution in [1.29, 1.82) is 0 Å². The van der Waals surface area contributed by atoms with Gasteiger partial charge in [0.15, 0.2) is 0 Å². The van der Waals surface area contributed by atoms with Gasteiger partial charge in [0.1, 0.15) is 6.61 Å². The first-order chi connectivity index (χ1) is 6.14. The van der Waals surface area contributed by atoms with E-state index in [-0.39, 0.29) is 11.5 Å². The lowest BCUT2D eigenvalue weighted by Gasteiger charge is -2.30. The molecule has 76 valence electrons. The SMILES string of the molecule is C=CC(=O)OCC(CC)(CC)NC. The number of carbonyl (C=O) groups is 1. The molecule has 0 aromatic rings. The Morgan fingerprint density at radius 3 is 2.38 bits per heavy atom. The summed E-state index contributed by atoms with van der Waals surface area (Å²) >= 11 is 0. The Bertz CT molecular complexity index is 165. The van der Waals surface area contributed by atoms with E-state index in [4.69, 9.17) is 4.74 Å². The van der Waals surface area contributed by atoms with E-state index in [9.17, 15) is 4.79 Å². The summed E-state index contributed by atoms with van der Waals surface area (Å²) in [6.45, 7) is 7.89. The van der Waals surface area contributed by atoms with Crippen molar-refractivity contribution in [1.82, 2.24) is 5.32 Å². The molecule has 0 aliphatic rings.